The summed E-state index contributed by atoms with van der Waals surface area (Å²) in [5, 5.41) is 3.55. The summed E-state index contributed by atoms with van der Waals surface area (Å²) in [6.45, 7) is 2.00. The molecule has 3 rings (SSSR count). The van der Waals surface area contributed by atoms with E-state index in [2.05, 4.69) is 25.2 Å². The van der Waals surface area contributed by atoms with Crippen molar-refractivity contribution in [3.8, 4) is 0 Å². The van der Waals surface area contributed by atoms with E-state index in [9.17, 15) is 4.79 Å². The summed E-state index contributed by atoms with van der Waals surface area (Å²) < 4.78 is 0. The maximum Gasteiger partial charge on any atom is 0.258 e. The van der Waals surface area contributed by atoms with Crippen molar-refractivity contribution in [1.82, 2.24) is 15.0 Å². The van der Waals surface area contributed by atoms with Crippen LogP contribution in [0.15, 0.2) is 35.7 Å². The maximum absolute atomic E-state index is 12.4. The van der Waals surface area contributed by atoms with Crippen LogP contribution in [-0.2, 0) is 0 Å². The van der Waals surface area contributed by atoms with Crippen LogP contribution in [0.1, 0.15) is 36.0 Å². The van der Waals surface area contributed by atoms with Gasteiger partial charge in [0.2, 0.25) is 5.95 Å². The Morgan fingerprint density at radius 1 is 1.12 bits per heavy atom. The quantitative estimate of drug-likeness (QED) is 0.860. The fraction of sp³-hybridized carbons (Fsp3) is 0.412. The number of amides is 1. The van der Waals surface area contributed by atoms with Crippen molar-refractivity contribution in [2.24, 2.45) is 0 Å². The fourth-order valence-corrected chi connectivity index (χ4v) is 3.29. The van der Waals surface area contributed by atoms with Crippen LogP contribution in [0.2, 0.25) is 0 Å². The normalized spacial score (nSPS) is 15.0. The second-order valence-electron chi connectivity index (χ2n) is 5.69. The van der Waals surface area contributed by atoms with Gasteiger partial charge in [0.15, 0.2) is 0 Å². The van der Waals surface area contributed by atoms with Gasteiger partial charge in [-0.15, -0.1) is 11.8 Å². The Bertz CT molecular complexity index is 684. The van der Waals surface area contributed by atoms with Gasteiger partial charge in [-0.05, 0) is 31.2 Å². The van der Waals surface area contributed by atoms with Crippen molar-refractivity contribution in [1.29, 1.82) is 0 Å². The van der Waals surface area contributed by atoms with E-state index in [0.717, 1.165) is 19.0 Å². The highest BCUT2D eigenvalue weighted by atomic mass is 32.2. The van der Waals surface area contributed by atoms with Crippen LogP contribution >= 0.6 is 11.8 Å². The zero-order chi connectivity index (χ0) is 16.8. The van der Waals surface area contributed by atoms with Crippen molar-refractivity contribution in [3.63, 3.8) is 0 Å². The molecule has 7 heteroatoms. The summed E-state index contributed by atoms with van der Waals surface area (Å²) in [6.07, 6.45) is 11.8. The lowest BCUT2D eigenvalue weighted by atomic mass is 10.2. The number of nitrogens with zero attached hydrogens (tertiary/aromatic N) is 4. The molecule has 1 aliphatic rings. The van der Waals surface area contributed by atoms with E-state index in [0.29, 0.717) is 16.3 Å². The first-order chi connectivity index (χ1) is 11.8. The van der Waals surface area contributed by atoms with Gasteiger partial charge < -0.3 is 10.2 Å². The Morgan fingerprint density at radius 3 is 2.50 bits per heavy atom. The number of hydrogen-bond acceptors (Lipinski definition) is 6. The van der Waals surface area contributed by atoms with Gasteiger partial charge in [0.1, 0.15) is 5.03 Å². The smallest absolute Gasteiger partial charge is 0.258 e. The molecule has 3 heterocycles. The number of aromatic nitrogens is 3. The number of nitrogens with one attached hydrogen (secondary N) is 1. The second-order valence-corrected chi connectivity index (χ2v) is 6.48. The second kappa shape index (κ2) is 8.10. The molecule has 0 aromatic carbocycles. The van der Waals surface area contributed by atoms with Crippen molar-refractivity contribution >= 4 is 29.3 Å². The summed E-state index contributed by atoms with van der Waals surface area (Å²) in [5.74, 6) is 0.541. The average molecular weight is 343 g/mol. The number of rotatable bonds is 4. The molecule has 0 radical (unpaired) electrons. The van der Waals surface area contributed by atoms with E-state index in [1.165, 1.54) is 37.4 Å². The number of pyridine rings is 1. The standard InChI is InChI=1S/C17H21N5OS/c1-24-16-14(7-6-8-18-16)15(23)21-13-11-19-17(20-12-13)22-9-4-2-3-5-10-22/h6-8,11-12H,2-5,9-10H2,1H3,(H,21,23). The Hall–Kier alpha value is -2.15. The van der Waals surface area contributed by atoms with Crippen molar-refractivity contribution in [3.05, 3.63) is 36.3 Å². The van der Waals surface area contributed by atoms with E-state index in [1.807, 2.05) is 6.26 Å². The highest BCUT2D eigenvalue weighted by Crippen LogP contribution is 2.19. The Balaban J connectivity index is 1.68. The zero-order valence-electron chi connectivity index (χ0n) is 13.7. The molecule has 2 aromatic heterocycles. The number of anilines is 2. The van der Waals surface area contributed by atoms with Gasteiger partial charge in [0, 0.05) is 19.3 Å². The van der Waals surface area contributed by atoms with Crippen LogP contribution in [0.5, 0.6) is 0 Å². The van der Waals surface area contributed by atoms with Gasteiger partial charge in [0.05, 0.1) is 23.6 Å². The molecule has 1 N–H and O–H groups in total. The minimum atomic E-state index is -0.196. The van der Waals surface area contributed by atoms with E-state index in [1.54, 1.807) is 30.7 Å². The molecule has 1 aliphatic heterocycles. The molecule has 0 atom stereocenters. The number of carbonyl (C=O) groups excluding carboxylic acids is 1. The van der Waals surface area contributed by atoms with Gasteiger partial charge in [-0.3, -0.25) is 4.79 Å². The molecule has 2 aromatic rings. The lowest BCUT2D eigenvalue weighted by molar-refractivity contribution is 0.102. The first-order valence-corrected chi connectivity index (χ1v) is 9.38. The maximum atomic E-state index is 12.4. The molecule has 0 spiro atoms. The van der Waals surface area contributed by atoms with Crippen molar-refractivity contribution < 1.29 is 4.79 Å². The van der Waals surface area contributed by atoms with Gasteiger partial charge in [0.25, 0.3) is 5.91 Å². The molecule has 0 aliphatic carbocycles. The minimum Gasteiger partial charge on any atom is -0.341 e. The lowest BCUT2D eigenvalue weighted by Gasteiger charge is -2.19. The van der Waals surface area contributed by atoms with E-state index >= 15 is 0 Å². The number of carbonyl (C=O) groups is 1. The highest BCUT2D eigenvalue weighted by Gasteiger charge is 2.14. The largest absolute Gasteiger partial charge is 0.341 e. The molecule has 6 nitrogen and oxygen atoms in total. The molecule has 1 amide bonds. The highest BCUT2D eigenvalue weighted by molar-refractivity contribution is 7.98. The van der Waals surface area contributed by atoms with Crippen LogP contribution in [0.3, 0.4) is 0 Å². The predicted molar refractivity (Wildman–Crippen MR) is 96.7 cm³/mol. The number of hydrogen-bond donors (Lipinski definition) is 1. The van der Waals surface area contributed by atoms with Gasteiger partial charge in [-0.25, -0.2) is 15.0 Å². The summed E-state index contributed by atoms with van der Waals surface area (Å²) >= 11 is 1.45. The topological polar surface area (TPSA) is 71.0 Å². The van der Waals surface area contributed by atoms with Gasteiger partial charge in [-0.1, -0.05) is 12.8 Å². The van der Waals surface area contributed by atoms with E-state index < -0.39 is 0 Å². The van der Waals surface area contributed by atoms with E-state index in [-0.39, 0.29) is 5.91 Å². The zero-order valence-corrected chi connectivity index (χ0v) is 14.6. The fourth-order valence-electron chi connectivity index (χ4n) is 2.74. The minimum absolute atomic E-state index is 0.196. The predicted octanol–water partition coefficient (Wildman–Crippen LogP) is 3.23. The molecule has 0 bridgehead atoms. The molecular formula is C17H21N5OS. The molecule has 1 saturated heterocycles. The van der Waals surface area contributed by atoms with Crippen LogP contribution < -0.4 is 10.2 Å². The Morgan fingerprint density at radius 2 is 1.83 bits per heavy atom. The van der Waals surface area contributed by atoms with Crippen LogP contribution in [0, 0.1) is 0 Å². The van der Waals surface area contributed by atoms with E-state index in [4.69, 9.17) is 0 Å². The van der Waals surface area contributed by atoms with Crippen molar-refractivity contribution in [2.75, 3.05) is 29.6 Å². The van der Waals surface area contributed by atoms with Gasteiger partial charge >= 0.3 is 0 Å². The summed E-state index contributed by atoms with van der Waals surface area (Å²) in [7, 11) is 0. The monoisotopic (exact) mass is 343 g/mol. The summed E-state index contributed by atoms with van der Waals surface area (Å²) in [6, 6.07) is 3.52. The molecule has 0 saturated carbocycles. The lowest BCUT2D eigenvalue weighted by Crippen LogP contribution is -2.26. The molecule has 1 fully saturated rings. The molecular weight excluding hydrogens is 322 g/mol. The summed E-state index contributed by atoms with van der Waals surface area (Å²) in [5.41, 5.74) is 1.15. The Kier molecular flexibility index (Phi) is 5.63. The first kappa shape index (κ1) is 16.7. The first-order valence-electron chi connectivity index (χ1n) is 8.15. The van der Waals surface area contributed by atoms with Crippen LogP contribution in [-0.4, -0.2) is 40.2 Å². The van der Waals surface area contributed by atoms with Crippen LogP contribution in [0.4, 0.5) is 11.6 Å². The third-order valence-electron chi connectivity index (χ3n) is 3.99. The van der Waals surface area contributed by atoms with Crippen LogP contribution in [0.25, 0.3) is 0 Å². The molecule has 24 heavy (non-hydrogen) atoms. The number of thioether (sulfide) groups is 1. The summed E-state index contributed by atoms with van der Waals surface area (Å²) in [4.78, 5) is 27.6. The third kappa shape index (κ3) is 4.03. The SMILES string of the molecule is CSc1ncccc1C(=O)Nc1cnc(N2CCCCCC2)nc1. The Labute approximate surface area is 146 Å². The molecule has 126 valence electrons. The molecule has 0 unspecified atom stereocenters. The third-order valence-corrected chi connectivity index (χ3v) is 4.71. The van der Waals surface area contributed by atoms with Crippen molar-refractivity contribution in [2.45, 2.75) is 30.7 Å². The average Bonchev–Trinajstić information content (AvgIpc) is 2.91. The van der Waals surface area contributed by atoms with Gasteiger partial charge in [-0.2, -0.15) is 0 Å².